The van der Waals surface area contributed by atoms with Crippen LogP contribution in [0.1, 0.15) is 46.2 Å². The van der Waals surface area contributed by atoms with E-state index in [0.717, 1.165) is 5.56 Å². The molecule has 3 rings (SSSR count). The number of carbonyl (C=O) groups excluding carboxylic acids is 1. The largest absolute Gasteiger partial charge is 0.337 e. The Kier molecular flexibility index (Phi) is 6.98. The van der Waals surface area contributed by atoms with Crippen molar-refractivity contribution in [2.45, 2.75) is 57.9 Å². The van der Waals surface area contributed by atoms with Crippen molar-refractivity contribution >= 4 is 28.6 Å². The molecule has 1 heterocycles. The Bertz CT molecular complexity index is 1070. The molecule has 0 saturated heterocycles. The van der Waals surface area contributed by atoms with E-state index in [9.17, 15) is 9.59 Å². The van der Waals surface area contributed by atoms with Crippen molar-refractivity contribution in [1.29, 1.82) is 0 Å². The fourth-order valence-electron chi connectivity index (χ4n) is 3.82. The molecule has 1 atom stereocenters. The molecule has 0 unspecified atom stereocenters. The summed E-state index contributed by atoms with van der Waals surface area (Å²) in [7, 11) is 0. The van der Waals surface area contributed by atoms with Crippen molar-refractivity contribution < 1.29 is 4.79 Å². The summed E-state index contributed by atoms with van der Waals surface area (Å²) in [4.78, 5) is 32.9. The van der Waals surface area contributed by atoms with E-state index in [2.05, 4.69) is 0 Å². The number of fused-ring (bicyclic) bond motifs is 1. The zero-order valence-electron chi connectivity index (χ0n) is 18.2. The van der Waals surface area contributed by atoms with Gasteiger partial charge in [0.05, 0.1) is 22.7 Å². The zero-order chi connectivity index (χ0) is 21.8. The summed E-state index contributed by atoms with van der Waals surface area (Å²) in [6.45, 7) is 10.1. The monoisotopic (exact) mass is 423 g/mol. The molecule has 158 valence electrons. The molecule has 30 heavy (non-hydrogen) atoms. The maximum absolute atomic E-state index is 13.4. The molecule has 5 nitrogen and oxygen atoms in total. The van der Waals surface area contributed by atoms with Crippen LogP contribution >= 0.6 is 11.8 Å². The van der Waals surface area contributed by atoms with Crippen LogP contribution < -0.4 is 5.56 Å². The van der Waals surface area contributed by atoms with Crippen LogP contribution in [-0.4, -0.2) is 38.2 Å². The fourth-order valence-corrected chi connectivity index (χ4v) is 4.77. The highest BCUT2D eigenvalue weighted by atomic mass is 32.2. The number of rotatable bonds is 7. The highest BCUT2D eigenvalue weighted by Crippen LogP contribution is 2.25. The van der Waals surface area contributed by atoms with Gasteiger partial charge in [-0.15, -0.1) is 0 Å². The number of hydrogen-bond acceptors (Lipinski definition) is 4. The lowest BCUT2D eigenvalue weighted by Crippen LogP contribution is -2.43. The van der Waals surface area contributed by atoms with Crippen molar-refractivity contribution in [2.75, 3.05) is 5.75 Å². The molecule has 6 heteroatoms. The van der Waals surface area contributed by atoms with Crippen molar-refractivity contribution in [3.8, 4) is 0 Å². The number of hydrogen-bond donors (Lipinski definition) is 0. The van der Waals surface area contributed by atoms with Gasteiger partial charge in [-0.2, -0.15) is 0 Å². The second-order valence-electron chi connectivity index (χ2n) is 7.95. The van der Waals surface area contributed by atoms with Crippen molar-refractivity contribution in [3.63, 3.8) is 0 Å². The molecular weight excluding hydrogens is 394 g/mol. The molecule has 0 N–H and O–H groups in total. The van der Waals surface area contributed by atoms with E-state index in [1.807, 2.05) is 88.0 Å². The van der Waals surface area contributed by atoms with Crippen LogP contribution in [0.4, 0.5) is 0 Å². The molecule has 2 aromatic carbocycles. The lowest BCUT2D eigenvalue weighted by atomic mass is 10.1. The molecule has 0 saturated carbocycles. The predicted octanol–water partition coefficient (Wildman–Crippen LogP) is 4.74. The van der Waals surface area contributed by atoms with Gasteiger partial charge in [-0.25, -0.2) is 4.98 Å². The number of para-hydroxylation sites is 1. The Morgan fingerprint density at radius 3 is 2.20 bits per heavy atom. The summed E-state index contributed by atoms with van der Waals surface area (Å²) in [5.41, 5.74) is 1.59. The minimum Gasteiger partial charge on any atom is -0.337 e. The number of benzene rings is 2. The third kappa shape index (κ3) is 4.59. The molecule has 0 fully saturated rings. The molecule has 0 spiro atoms. The van der Waals surface area contributed by atoms with Crippen molar-refractivity contribution in [3.05, 3.63) is 70.5 Å². The number of amides is 1. The molecule has 0 aliphatic rings. The van der Waals surface area contributed by atoms with Gasteiger partial charge < -0.3 is 4.90 Å². The Morgan fingerprint density at radius 2 is 1.57 bits per heavy atom. The first-order valence-electron chi connectivity index (χ1n) is 10.3. The van der Waals surface area contributed by atoms with Crippen molar-refractivity contribution in [2.24, 2.45) is 0 Å². The molecule has 3 aromatic rings. The Hall–Kier alpha value is -2.60. The van der Waals surface area contributed by atoms with Gasteiger partial charge in [0.15, 0.2) is 5.16 Å². The number of aromatic nitrogens is 2. The quantitative estimate of drug-likeness (QED) is 0.407. The number of nitrogens with zero attached hydrogens (tertiary/aromatic N) is 3. The first-order valence-corrected chi connectivity index (χ1v) is 11.3. The van der Waals surface area contributed by atoms with Crippen LogP contribution in [0.25, 0.3) is 10.9 Å². The van der Waals surface area contributed by atoms with Gasteiger partial charge in [-0.05, 0) is 52.3 Å². The second kappa shape index (κ2) is 9.47. The molecule has 1 amide bonds. The van der Waals surface area contributed by atoms with Crippen molar-refractivity contribution in [1.82, 2.24) is 14.5 Å². The van der Waals surface area contributed by atoms with Crippen LogP contribution in [0.2, 0.25) is 0 Å². The van der Waals surface area contributed by atoms with Gasteiger partial charge in [0.25, 0.3) is 5.56 Å². The van der Waals surface area contributed by atoms with Gasteiger partial charge >= 0.3 is 0 Å². The van der Waals surface area contributed by atoms with Crippen LogP contribution in [0.5, 0.6) is 0 Å². The summed E-state index contributed by atoms with van der Waals surface area (Å²) < 4.78 is 1.71. The molecule has 0 bridgehead atoms. The first kappa shape index (κ1) is 22.1. The summed E-state index contributed by atoms with van der Waals surface area (Å²) in [6.07, 6.45) is 0. The van der Waals surface area contributed by atoms with E-state index < -0.39 is 0 Å². The third-order valence-electron chi connectivity index (χ3n) is 5.17. The fraction of sp³-hybridized carbons (Fsp3) is 0.375. The Labute approximate surface area is 182 Å². The molecule has 0 aliphatic heterocycles. The van der Waals surface area contributed by atoms with E-state index in [4.69, 9.17) is 4.98 Å². The standard InChI is InChI=1S/C24H29N3O2S/c1-16(2)26(17(3)4)22(28)15-30-24-25-21-14-10-9-13-20(21)23(29)27(24)18(5)19-11-7-6-8-12-19/h6-14,16-18H,15H2,1-5H3/t18-/m0/s1. The summed E-state index contributed by atoms with van der Waals surface area (Å²) in [5.74, 6) is 0.286. The van der Waals surface area contributed by atoms with Gasteiger partial charge in [0, 0.05) is 12.1 Å². The molecule has 1 aromatic heterocycles. The zero-order valence-corrected chi connectivity index (χ0v) is 19.0. The van der Waals surface area contributed by atoms with Crippen LogP contribution in [0.3, 0.4) is 0 Å². The third-order valence-corrected chi connectivity index (χ3v) is 6.11. The lowest BCUT2D eigenvalue weighted by molar-refractivity contribution is -0.131. The molecular formula is C24H29N3O2S. The van der Waals surface area contributed by atoms with Crippen LogP contribution in [0, 0.1) is 0 Å². The minimum absolute atomic E-state index is 0.0475. The predicted molar refractivity (Wildman–Crippen MR) is 124 cm³/mol. The SMILES string of the molecule is CC(C)N(C(=O)CSc1nc2ccccc2c(=O)n1[C@@H](C)c1ccccc1)C(C)C. The lowest BCUT2D eigenvalue weighted by Gasteiger charge is -2.30. The molecule has 0 radical (unpaired) electrons. The highest BCUT2D eigenvalue weighted by molar-refractivity contribution is 7.99. The topological polar surface area (TPSA) is 55.2 Å². The van der Waals surface area contributed by atoms with Crippen LogP contribution in [0.15, 0.2) is 64.5 Å². The van der Waals surface area contributed by atoms with Gasteiger partial charge in [-0.3, -0.25) is 14.2 Å². The Morgan fingerprint density at radius 1 is 0.967 bits per heavy atom. The van der Waals surface area contributed by atoms with E-state index >= 15 is 0 Å². The van der Waals surface area contributed by atoms with E-state index in [1.54, 1.807) is 10.6 Å². The maximum Gasteiger partial charge on any atom is 0.262 e. The summed E-state index contributed by atoms with van der Waals surface area (Å²) in [5, 5.41) is 1.15. The normalized spacial score (nSPS) is 12.5. The van der Waals surface area contributed by atoms with Crippen LogP contribution in [-0.2, 0) is 4.79 Å². The Balaban J connectivity index is 2.02. The molecule has 0 aliphatic carbocycles. The smallest absolute Gasteiger partial charge is 0.262 e. The van der Waals surface area contributed by atoms with E-state index in [1.165, 1.54) is 11.8 Å². The average molecular weight is 424 g/mol. The van der Waals surface area contributed by atoms with E-state index in [-0.39, 0.29) is 35.3 Å². The maximum atomic E-state index is 13.4. The first-order chi connectivity index (χ1) is 14.3. The van der Waals surface area contributed by atoms with Gasteiger partial charge in [-0.1, -0.05) is 54.2 Å². The van der Waals surface area contributed by atoms with Gasteiger partial charge in [0.2, 0.25) is 5.91 Å². The van der Waals surface area contributed by atoms with Gasteiger partial charge in [0.1, 0.15) is 0 Å². The van der Waals surface area contributed by atoms with E-state index in [0.29, 0.717) is 16.1 Å². The summed E-state index contributed by atoms with van der Waals surface area (Å²) >= 11 is 1.33. The number of carbonyl (C=O) groups is 1. The number of thioether (sulfide) groups is 1. The summed E-state index contributed by atoms with van der Waals surface area (Å²) in [6, 6.07) is 17.3. The minimum atomic E-state index is -0.195. The second-order valence-corrected chi connectivity index (χ2v) is 8.89. The highest BCUT2D eigenvalue weighted by Gasteiger charge is 2.23. The average Bonchev–Trinajstić information content (AvgIpc) is 2.72.